The summed E-state index contributed by atoms with van der Waals surface area (Å²) in [6.07, 6.45) is 2.07. The molecule has 0 N–H and O–H groups in total. The van der Waals surface area contributed by atoms with E-state index in [-0.39, 0.29) is 17.3 Å². The number of carbonyl (C=O) groups excluding carboxylic acids is 1. The summed E-state index contributed by atoms with van der Waals surface area (Å²) in [5.41, 5.74) is 1.97. The van der Waals surface area contributed by atoms with Crippen LogP contribution in [-0.4, -0.2) is 41.1 Å². The predicted octanol–water partition coefficient (Wildman–Crippen LogP) is 4.16. The molecular weight excluding hydrogens is 384 g/mol. The normalized spacial score (nSPS) is 22.1. The first-order valence-electron chi connectivity index (χ1n) is 8.20. The zero-order chi connectivity index (χ0) is 18.3. The zero-order valence-electron chi connectivity index (χ0n) is 14.4. The lowest BCUT2D eigenvalue weighted by atomic mass is 10.2. The van der Waals surface area contributed by atoms with Gasteiger partial charge in [-0.25, -0.2) is 0 Å². The third-order valence-corrected chi connectivity index (χ3v) is 7.11. The molecule has 2 aromatic rings. The van der Waals surface area contributed by atoms with Crippen LogP contribution in [0.25, 0.3) is 0 Å². The van der Waals surface area contributed by atoms with Gasteiger partial charge in [-0.3, -0.25) is 9.69 Å². The van der Waals surface area contributed by atoms with Crippen molar-refractivity contribution in [3.8, 4) is 5.75 Å². The third kappa shape index (κ3) is 2.88. The Kier molecular flexibility index (Phi) is 4.86. The van der Waals surface area contributed by atoms with E-state index in [0.29, 0.717) is 5.11 Å². The van der Waals surface area contributed by atoms with E-state index < -0.39 is 0 Å². The number of thioether (sulfide) groups is 2. The summed E-state index contributed by atoms with van der Waals surface area (Å²) in [5.74, 6) is 1.56. The Morgan fingerprint density at radius 3 is 2.46 bits per heavy atom. The number of rotatable bonds is 4. The molecule has 4 nitrogen and oxygen atoms in total. The van der Waals surface area contributed by atoms with E-state index in [1.54, 1.807) is 35.5 Å². The summed E-state index contributed by atoms with van der Waals surface area (Å²) in [7, 11) is 1.63. The molecule has 0 radical (unpaired) electrons. The van der Waals surface area contributed by atoms with Gasteiger partial charge in [0.25, 0.3) is 5.91 Å². The summed E-state index contributed by atoms with van der Waals surface area (Å²) in [4.78, 5) is 17.9. The molecule has 2 aliphatic heterocycles. The fraction of sp³-hybridized carbons (Fsp3) is 0.263. The van der Waals surface area contributed by atoms with Gasteiger partial charge in [0, 0.05) is 10.6 Å². The number of methoxy groups -OCH3 is 1. The van der Waals surface area contributed by atoms with Crippen LogP contribution in [0, 0.1) is 0 Å². The van der Waals surface area contributed by atoms with Crippen LogP contribution in [0.3, 0.4) is 0 Å². The van der Waals surface area contributed by atoms with Crippen molar-refractivity contribution in [3.05, 3.63) is 54.1 Å². The summed E-state index contributed by atoms with van der Waals surface area (Å²) in [6.45, 7) is 0. The monoisotopic (exact) mass is 402 g/mol. The van der Waals surface area contributed by atoms with Gasteiger partial charge < -0.3 is 9.64 Å². The number of fused-ring (bicyclic) bond motifs is 1. The molecule has 4 rings (SSSR count). The standard InChI is InChI=1S/C19H18N2O2S3/c1-23-14-7-5-13(6-8-14)20-17(22)16-11-26-18(21(16)19(20)24)12-3-9-15(25-2)10-4-12/h3-10,16,18H,11H2,1-2H3/t16-,18?/m0/s1. The quantitative estimate of drug-likeness (QED) is 0.564. The fourth-order valence-electron chi connectivity index (χ4n) is 3.28. The van der Waals surface area contributed by atoms with Crippen molar-refractivity contribution in [3.63, 3.8) is 0 Å². The van der Waals surface area contributed by atoms with E-state index in [2.05, 4.69) is 35.4 Å². The summed E-state index contributed by atoms with van der Waals surface area (Å²) in [5, 5.41) is 0.657. The van der Waals surface area contributed by atoms with Crippen molar-refractivity contribution < 1.29 is 9.53 Å². The fourth-order valence-corrected chi connectivity index (χ4v) is 5.61. The molecule has 2 aromatic carbocycles. The highest BCUT2D eigenvalue weighted by Gasteiger charge is 2.50. The largest absolute Gasteiger partial charge is 0.497 e. The van der Waals surface area contributed by atoms with Gasteiger partial charge in [0.2, 0.25) is 0 Å². The highest BCUT2D eigenvalue weighted by atomic mass is 32.2. The lowest BCUT2D eigenvalue weighted by Crippen LogP contribution is -2.33. The molecule has 2 fully saturated rings. The Hall–Kier alpha value is -1.70. The topological polar surface area (TPSA) is 32.8 Å². The van der Waals surface area contributed by atoms with Crippen molar-refractivity contribution in [1.82, 2.24) is 4.90 Å². The summed E-state index contributed by atoms with van der Waals surface area (Å²) < 4.78 is 5.20. The van der Waals surface area contributed by atoms with Gasteiger partial charge in [-0.05, 0) is 60.4 Å². The highest BCUT2D eigenvalue weighted by molar-refractivity contribution is 8.00. The molecule has 0 aromatic heterocycles. The van der Waals surface area contributed by atoms with Gasteiger partial charge in [0.15, 0.2) is 5.11 Å². The van der Waals surface area contributed by atoms with Crippen molar-refractivity contribution in [2.75, 3.05) is 24.0 Å². The number of hydrogen-bond donors (Lipinski definition) is 0. The van der Waals surface area contributed by atoms with Gasteiger partial charge in [-0.15, -0.1) is 23.5 Å². The number of anilines is 1. The van der Waals surface area contributed by atoms with E-state index in [4.69, 9.17) is 17.0 Å². The van der Waals surface area contributed by atoms with Crippen LogP contribution >= 0.6 is 35.7 Å². The Labute approximate surface area is 166 Å². The molecule has 2 saturated heterocycles. The zero-order valence-corrected chi connectivity index (χ0v) is 16.9. The van der Waals surface area contributed by atoms with Crippen molar-refractivity contribution in [2.24, 2.45) is 0 Å². The Morgan fingerprint density at radius 1 is 1.15 bits per heavy atom. The second kappa shape index (κ2) is 7.13. The first kappa shape index (κ1) is 17.7. The minimum absolute atomic E-state index is 0.0518. The number of amides is 1. The summed E-state index contributed by atoms with van der Waals surface area (Å²) in [6, 6.07) is 15.8. The van der Waals surface area contributed by atoms with E-state index >= 15 is 0 Å². The lowest BCUT2D eigenvalue weighted by Gasteiger charge is -2.25. The maximum absolute atomic E-state index is 13.0. The summed E-state index contributed by atoms with van der Waals surface area (Å²) >= 11 is 9.20. The Bertz CT molecular complexity index is 839. The number of benzene rings is 2. The van der Waals surface area contributed by atoms with Crippen molar-refractivity contribution in [2.45, 2.75) is 16.3 Å². The average molecular weight is 403 g/mol. The first-order chi connectivity index (χ1) is 12.6. The van der Waals surface area contributed by atoms with Crippen LogP contribution in [0.5, 0.6) is 5.75 Å². The van der Waals surface area contributed by atoms with Crippen LogP contribution < -0.4 is 9.64 Å². The number of ether oxygens (including phenoxy) is 1. The average Bonchev–Trinajstić information content (AvgIpc) is 3.22. The minimum atomic E-state index is -0.195. The predicted molar refractivity (Wildman–Crippen MR) is 112 cm³/mol. The van der Waals surface area contributed by atoms with E-state index in [1.807, 2.05) is 24.3 Å². The first-order valence-corrected chi connectivity index (χ1v) is 10.9. The molecule has 134 valence electrons. The highest BCUT2D eigenvalue weighted by Crippen LogP contribution is 2.46. The second-order valence-electron chi connectivity index (χ2n) is 6.04. The van der Waals surface area contributed by atoms with Crippen LogP contribution in [0.2, 0.25) is 0 Å². The molecular formula is C19H18N2O2S3. The van der Waals surface area contributed by atoms with Crippen LogP contribution in [0.1, 0.15) is 10.9 Å². The molecule has 0 aliphatic carbocycles. The molecule has 7 heteroatoms. The number of carbonyl (C=O) groups is 1. The van der Waals surface area contributed by atoms with E-state index in [0.717, 1.165) is 17.2 Å². The molecule has 2 atom stereocenters. The molecule has 1 unspecified atom stereocenters. The van der Waals surface area contributed by atoms with Gasteiger partial charge >= 0.3 is 0 Å². The number of nitrogens with zero attached hydrogens (tertiary/aromatic N) is 2. The van der Waals surface area contributed by atoms with Crippen LogP contribution in [0.15, 0.2) is 53.4 Å². The van der Waals surface area contributed by atoms with Gasteiger partial charge in [-0.1, -0.05) is 12.1 Å². The Balaban J connectivity index is 1.62. The SMILES string of the molecule is COc1ccc(N2C(=O)[C@@H]3CSC(c4ccc(SC)cc4)N3C2=S)cc1. The van der Waals surface area contributed by atoms with Crippen molar-refractivity contribution >= 4 is 52.4 Å². The van der Waals surface area contributed by atoms with E-state index in [9.17, 15) is 4.79 Å². The molecule has 26 heavy (non-hydrogen) atoms. The maximum Gasteiger partial charge on any atom is 0.257 e. The van der Waals surface area contributed by atoms with Gasteiger partial charge in [0.1, 0.15) is 17.2 Å². The second-order valence-corrected chi connectivity index (χ2v) is 8.39. The molecule has 0 bridgehead atoms. The lowest BCUT2D eigenvalue weighted by molar-refractivity contribution is -0.119. The third-order valence-electron chi connectivity index (χ3n) is 4.65. The maximum atomic E-state index is 13.0. The number of hydrogen-bond acceptors (Lipinski definition) is 5. The smallest absolute Gasteiger partial charge is 0.257 e. The molecule has 1 amide bonds. The van der Waals surface area contributed by atoms with Gasteiger partial charge in [-0.2, -0.15) is 0 Å². The van der Waals surface area contributed by atoms with Crippen LogP contribution in [0.4, 0.5) is 5.69 Å². The molecule has 2 aliphatic rings. The number of thiocarbonyl (C=S) groups is 1. The molecule has 0 spiro atoms. The van der Waals surface area contributed by atoms with Crippen molar-refractivity contribution in [1.29, 1.82) is 0 Å². The van der Waals surface area contributed by atoms with Gasteiger partial charge in [0.05, 0.1) is 12.8 Å². The molecule has 2 heterocycles. The Morgan fingerprint density at radius 2 is 1.85 bits per heavy atom. The van der Waals surface area contributed by atoms with Crippen LogP contribution in [-0.2, 0) is 4.79 Å². The minimum Gasteiger partial charge on any atom is -0.497 e. The van der Waals surface area contributed by atoms with E-state index in [1.165, 1.54) is 10.5 Å². The molecule has 0 saturated carbocycles.